The number of rotatable bonds is 8. The molecule has 0 saturated heterocycles. The van der Waals surface area contributed by atoms with Crippen LogP contribution < -0.4 is 10.2 Å². The van der Waals surface area contributed by atoms with E-state index in [-0.39, 0.29) is 11.9 Å². The molecular formula is C15H23FN2O2. The van der Waals surface area contributed by atoms with Gasteiger partial charge >= 0.3 is 5.97 Å². The molecule has 0 saturated carbocycles. The summed E-state index contributed by atoms with van der Waals surface area (Å²) >= 11 is 0. The van der Waals surface area contributed by atoms with Crippen molar-refractivity contribution in [3.8, 4) is 0 Å². The summed E-state index contributed by atoms with van der Waals surface area (Å²) in [5, 5.41) is 12.2. The zero-order valence-electron chi connectivity index (χ0n) is 12.3. The van der Waals surface area contributed by atoms with Crippen LogP contribution in [-0.2, 0) is 4.79 Å². The Balaban J connectivity index is 2.66. The second-order valence-corrected chi connectivity index (χ2v) is 5.06. The molecule has 0 fully saturated rings. The third-order valence-electron chi connectivity index (χ3n) is 3.08. The largest absolute Gasteiger partial charge is 0.480 e. The molecule has 0 spiro atoms. The van der Waals surface area contributed by atoms with Gasteiger partial charge in [0.05, 0.1) is 0 Å². The minimum atomic E-state index is -0.853. The van der Waals surface area contributed by atoms with Crippen LogP contribution in [0, 0.1) is 5.82 Å². The molecule has 0 aliphatic rings. The van der Waals surface area contributed by atoms with Crippen molar-refractivity contribution in [2.24, 2.45) is 0 Å². The van der Waals surface area contributed by atoms with Crippen LogP contribution in [0.25, 0.3) is 0 Å². The quantitative estimate of drug-likeness (QED) is 0.769. The van der Waals surface area contributed by atoms with E-state index in [2.05, 4.69) is 5.32 Å². The summed E-state index contributed by atoms with van der Waals surface area (Å²) in [5.41, 5.74) is 0.779. The average Bonchev–Trinajstić information content (AvgIpc) is 2.37. The number of nitrogens with zero attached hydrogens (tertiary/aromatic N) is 1. The van der Waals surface area contributed by atoms with Crippen molar-refractivity contribution in [2.75, 3.05) is 18.0 Å². The Morgan fingerprint density at radius 2 is 2.15 bits per heavy atom. The predicted molar refractivity (Wildman–Crippen MR) is 78.6 cm³/mol. The molecule has 5 heteroatoms. The summed E-state index contributed by atoms with van der Waals surface area (Å²) in [6, 6.07) is 5.89. The number of nitrogens with one attached hydrogen (secondary N) is 1. The Labute approximate surface area is 119 Å². The molecule has 0 amide bonds. The first-order valence-corrected chi connectivity index (χ1v) is 6.93. The van der Waals surface area contributed by atoms with Gasteiger partial charge in [0.1, 0.15) is 11.9 Å². The van der Waals surface area contributed by atoms with E-state index in [1.165, 1.54) is 12.1 Å². The summed E-state index contributed by atoms with van der Waals surface area (Å²) in [4.78, 5) is 13.2. The number of benzene rings is 1. The van der Waals surface area contributed by atoms with Crippen LogP contribution in [0.3, 0.4) is 0 Å². The standard InChI is InChI=1S/C15H23FN2O2/c1-4-18(13-7-5-6-12(16)10-13)9-8-14(15(19)20)17-11(2)3/h5-7,10-11,14,17H,4,8-9H2,1-3H3,(H,19,20). The molecule has 1 aromatic rings. The number of carboxylic acid groups (broad SMARTS) is 1. The van der Waals surface area contributed by atoms with Gasteiger partial charge in [0.2, 0.25) is 0 Å². The molecule has 112 valence electrons. The van der Waals surface area contributed by atoms with Gasteiger partial charge in [-0.05, 0) is 31.5 Å². The first-order valence-electron chi connectivity index (χ1n) is 6.93. The maximum Gasteiger partial charge on any atom is 0.320 e. The van der Waals surface area contributed by atoms with Crippen LogP contribution in [0.1, 0.15) is 27.2 Å². The molecule has 0 aromatic heterocycles. The zero-order valence-corrected chi connectivity index (χ0v) is 12.3. The highest BCUT2D eigenvalue weighted by Crippen LogP contribution is 2.16. The van der Waals surface area contributed by atoms with Gasteiger partial charge in [-0.15, -0.1) is 0 Å². The summed E-state index contributed by atoms with van der Waals surface area (Å²) < 4.78 is 13.2. The molecule has 0 heterocycles. The van der Waals surface area contributed by atoms with Gasteiger partial charge in [-0.25, -0.2) is 4.39 Å². The van der Waals surface area contributed by atoms with Crippen molar-refractivity contribution >= 4 is 11.7 Å². The molecular weight excluding hydrogens is 259 g/mol. The van der Waals surface area contributed by atoms with E-state index >= 15 is 0 Å². The molecule has 20 heavy (non-hydrogen) atoms. The van der Waals surface area contributed by atoms with Crippen molar-refractivity contribution in [2.45, 2.75) is 39.3 Å². The summed E-state index contributed by atoms with van der Waals surface area (Å²) in [6.07, 6.45) is 0.470. The lowest BCUT2D eigenvalue weighted by Gasteiger charge is -2.26. The van der Waals surface area contributed by atoms with Crippen molar-refractivity contribution in [3.63, 3.8) is 0 Å². The smallest absolute Gasteiger partial charge is 0.320 e. The number of carbonyl (C=O) groups is 1. The molecule has 0 radical (unpaired) electrons. The van der Waals surface area contributed by atoms with Gasteiger partial charge in [-0.3, -0.25) is 4.79 Å². The lowest BCUT2D eigenvalue weighted by atomic mass is 10.1. The monoisotopic (exact) mass is 282 g/mol. The van der Waals surface area contributed by atoms with Crippen LogP contribution in [0.15, 0.2) is 24.3 Å². The molecule has 2 N–H and O–H groups in total. The van der Waals surface area contributed by atoms with Crippen LogP contribution in [0.2, 0.25) is 0 Å². The second kappa shape index (κ2) is 7.85. The van der Waals surface area contributed by atoms with Gasteiger partial charge < -0.3 is 15.3 Å². The van der Waals surface area contributed by atoms with Crippen molar-refractivity contribution < 1.29 is 14.3 Å². The minimum absolute atomic E-state index is 0.111. The Bertz CT molecular complexity index is 438. The molecule has 1 unspecified atom stereocenters. The van der Waals surface area contributed by atoms with E-state index in [4.69, 9.17) is 0 Å². The fraction of sp³-hybridized carbons (Fsp3) is 0.533. The van der Waals surface area contributed by atoms with E-state index in [0.29, 0.717) is 19.5 Å². The summed E-state index contributed by atoms with van der Waals surface area (Å²) in [7, 11) is 0. The highest BCUT2D eigenvalue weighted by molar-refractivity contribution is 5.73. The number of hydrogen-bond donors (Lipinski definition) is 2. The number of aliphatic carboxylic acids is 1. The Morgan fingerprint density at radius 1 is 1.45 bits per heavy atom. The first kappa shape index (κ1) is 16.4. The van der Waals surface area contributed by atoms with Gasteiger partial charge in [0.15, 0.2) is 0 Å². The maximum atomic E-state index is 13.2. The summed E-state index contributed by atoms with van der Waals surface area (Å²) in [6.45, 7) is 7.07. The van der Waals surface area contributed by atoms with Crippen molar-refractivity contribution in [1.82, 2.24) is 5.32 Å². The fourth-order valence-corrected chi connectivity index (χ4v) is 2.11. The van der Waals surface area contributed by atoms with Gasteiger partial charge in [-0.2, -0.15) is 0 Å². The van der Waals surface area contributed by atoms with Gasteiger partial charge in [0, 0.05) is 24.8 Å². The number of anilines is 1. The van der Waals surface area contributed by atoms with E-state index < -0.39 is 12.0 Å². The van der Waals surface area contributed by atoms with E-state index in [1.54, 1.807) is 6.07 Å². The lowest BCUT2D eigenvalue weighted by molar-refractivity contribution is -0.139. The SMILES string of the molecule is CCN(CCC(NC(C)C)C(=O)O)c1cccc(F)c1. The van der Waals surface area contributed by atoms with Crippen molar-refractivity contribution in [3.05, 3.63) is 30.1 Å². The molecule has 0 aliphatic heterocycles. The fourth-order valence-electron chi connectivity index (χ4n) is 2.11. The molecule has 1 rings (SSSR count). The maximum absolute atomic E-state index is 13.2. The number of carboxylic acids is 1. The minimum Gasteiger partial charge on any atom is -0.480 e. The normalized spacial score (nSPS) is 12.4. The highest BCUT2D eigenvalue weighted by atomic mass is 19.1. The highest BCUT2D eigenvalue weighted by Gasteiger charge is 2.19. The van der Waals surface area contributed by atoms with Crippen LogP contribution in [0.4, 0.5) is 10.1 Å². The second-order valence-electron chi connectivity index (χ2n) is 5.06. The Kier molecular flexibility index (Phi) is 6.45. The molecule has 4 nitrogen and oxygen atoms in total. The Morgan fingerprint density at radius 3 is 2.65 bits per heavy atom. The molecule has 1 aromatic carbocycles. The number of halogens is 1. The van der Waals surface area contributed by atoms with Crippen LogP contribution >= 0.6 is 0 Å². The summed E-state index contributed by atoms with van der Waals surface area (Å²) in [5.74, 6) is -1.13. The Hall–Kier alpha value is -1.62. The third kappa shape index (κ3) is 5.17. The van der Waals surface area contributed by atoms with E-state index in [9.17, 15) is 14.3 Å². The number of hydrogen-bond acceptors (Lipinski definition) is 3. The van der Waals surface area contributed by atoms with Gasteiger partial charge in [0.25, 0.3) is 0 Å². The predicted octanol–water partition coefficient (Wildman–Crippen LogP) is 2.49. The van der Waals surface area contributed by atoms with Gasteiger partial charge in [-0.1, -0.05) is 19.9 Å². The lowest BCUT2D eigenvalue weighted by Crippen LogP contribution is -2.43. The molecule has 0 aliphatic carbocycles. The first-order chi connectivity index (χ1) is 9.43. The van der Waals surface area contributed by atoms with Crippen LogP contribution in [-0.4, -0.2) is 36.2 Å². The van der Waals surface area contributed by atoms with Crippen molar-refractivity contribution in [1.29, 1.82) is 0 Å². The van der Waals surface area contributed by atoms with Crippen LogP contribution in [0.5, 0.6) is 0 Å². The zero-order chi connectivity index (χ0) is 15.1. The van der Waals surface area contributed by atoms with E-state index in [0.717, 1.165) is 5.69 Å². The molecule has 0 bridgehead atoms. The topological polar surface area (TPSA) is 52.6 Å². The molecule has 1 atom stereocenters. The van der Waals surface area contributed by atoms with E-state index in [1.807, 2.05) is 31.7 Å². The third-order valence-corrected chi connectivity index (χ3v) is 3.08. The average molecular weight is 282 g/mol.